The molecule has 6 heteroatoms. The zero-order valence-corrected chi connectivity index (χ0v) is 24.9. The molecule has 0 radical (unpaired) electrons. The number of nitrogens with one attached hydrogen (secondary N) is 2. The van der Waals surface area contributed by atoms with Gasteiger partial charge in [0.25, 0.3) is 0 Å². The molecule has 1 aliphatic rings. The Kier molecular flexibility index (Phi) is 9.04. The smallest absolute Gasteiger partial charge is 0.407 e. The summed E-state index contributed by atoms with van der Waals surface area (Å²) in [5, 5.41) is 16.7. The van der Waals surface area contributed by atoms with Gasteiger partial charge in [-0.05, 0) is 51.8 Å². The first-order chi connectivity index (χ1) is 22.1. The summed E-state index contributed by atoms with van der Waals surface area (Å²) in [6.07, 6.45) is 0.236. The predicted molar refractivity (Wildman–Crippen MR) is 176 cm³/mol. The molecule has 5 aromatic rings. The van der Waals surface area contributed by atoms with Crippen LogP contribution in [0.5, 0.6) is 0 Å². The summed E-state index contributed by atoms with van der Waals surface area (Å²) in [6.45, 7) is 0.518. The van der Waals surface area contributed by atoms with Crippen molar-refractivity contribution in [1.82, 2.24) is 10.6 Å². The van der Waals surface area contributed by atoms with Gasteiger partial charge in [0.2, 0.25) is 0 Å². The predicted octanol–water partition coefficient (Wildman–Crippen LogP) is 7.34. The van der Waals surface area contributed by atoms with E-state index in [0.717, 1.165) is 27.8 Å². The van der Waals surface area contributed by atoms with Gasteiger partial charge in [0.1, 0.15) is 12.6 Å². The summed E-state index contributed by atoms with van der Waals surface area (Å²) < 4.78 is 5.67. The van der Waals surface area contributed by atoms with Gasteiger partial charge in [-0.25, -0.2) is 4.79 Å². The third-order valence-corrected chi connectivity index (χ3v) is 8.59. The molecule has 6 rings (SSSR count). The number of carbonyl (C=O) groups is 2. The summed E-state index contributed by atoms with van der Waals surface area (Å²) in [6, 6.07) is 45.3. The van der Waals surface area contributed by atoms with Crippen molar-refractivity contribution in [1.29, 1.82) is 0 Å². The number of hydrogen-bond acceptors (Lipinski definition) is 4. The molecule has 0 bridgehead atoms. The van der Waals surface area contributed by atoms with E-state index in [4.69, 9.17) is 4.74 Å². The highest BCUT2D eigenvalue weighted by Crippen LogP contribution is 2.44. The fourth-order valence-corrected chi connectivity index (χ4v) is 6.48. The quantitative estimate of drug-likeness (QED) is 0.104. The molecule has 0 saturated carbocycles. The monoisotopic (exact) mass is 596 g/mol. The Balaban J connectivity index is 1.13. The molecule has 3 N–H and O–H groups in total. The molecule has 0 aromatic heterocycles. The maximum atomic E-state index is 12.7. The summed E-state index contributed by atoms with van der Waals surface area (Å²) in [4.78, 5) is 25.4. The average Bonchev–Trinajstić information content (AvgIpc) is 3.41. The standard InChI is InChI=1S/C39H36N2O4/c42-37(43)36(41-39(28-15-4-1-5-16-28,29-17-6-2-7-18-29)30-19-8-3-9-20-30)25-14-26-40-38(44)45-27-35-33-23-12-10-21-31(33)32-22-11-13-24-34(32)35/h1-13,15-24,35-36,41H,14,25-27H2,(H,40,44)(H,42,43). The molecule has 0 fully saturated rings. The molecular formula is C39H36N2O4. The van der Waals surface area contributed by atoms with Crippen molar-refractivity contribution in [2.75, 3.05) is 13.2 Å². The van der Waals surface area contributed by atoms with Crippen LogP contribution in [0, 0.1) is 0 Å². The Morgan fingerprint density at radius 2 is 1.11 bits per heavy atom. The highest BCUT2D eigenvalue weighted by atomic mass is 16.5. The highest BCUT2D eigenvalue weighted by Gasteiger charge is 2.39. The summed E-state index contributed by atoms with van der Waals surface area (Å²) in [7, 11) is 0. The molecule has 1 unspecified atom stereocenters. The lowest BCUT2D eigenvalue weighted by atomic mass is 9.76. The van der Waals surface area contributed by atoms with Crippen LogP contribution in [0.4, 0.5) is 4.79 Å². The number of alkyl carbamates (subject to hydrolysis) is 1. The minimum atomic E-state index is -0.955. The van der Waals surface area contributed by atoms with Crippen LogP contribution in [0.15, 0.2) is 140 Å². The first kappa shape index (κ1) is 29.9. The molecular weight excluding hydrogens is 560 g/mol. The van der Waals surface area contributed by atoms with Crippen LogP contribution in [0.3, 0.4) is 0 Å². The van der Waals surface area contributed by atoms with Crippen molar-refractivity contribution < 1.29 is 19.4 Å². The number of aliphatic carboxylic acids is 1. The number of carbonyl (C=O) groups excluding carboxylic acids is 1. The van der Waals surface area contributed by atoms with E-state index < -0.39 is 23.6 Å². The van der Waals surface area contributed by atoms with E-state index in [1.54, 1.807) is 0 Å². The molecule has 1 aliphatic carbocycles. The number of hydrogen-bond donors (Lipinski definition) is 3. The molecule has 1 atom stereocenters. The van der Waals surface area contributed by atoms with Gasteiger partial charge in [0, 0.05) is 12.5 Å². The zero-order chi connectivity index (χ0) is 31.1. The summed E-state index contributed by atoms with van der Waals surface area (Å²) >= 11 is 0. The number of amides is 1. The number of ether oxygens (including phenoxy) is 1. The first-order valence-electron chi connectivity index (χ1n) is 15.3. The summed E-state index contributed by atoms with van der Waals surface area (Å²) in [5.41, 5.74) is 6.55. The Morgan fingerprint density at radius 3 is 1.58 bits per heavy atom. The van der Waals surface area contributed by atoms with Crippen LogP contribution in [0.1, 0.15) is 46.6 Å². The van der Waals surface area contributed by atoms with E-state index in [-0.39, 0.29) is 19.1 Å². The van der Waals surface area contributed by atoms with Crippen molar-refractivity contribution >= 4 is 12.1 Å². The summed E-state index contributed by atoms with van der Waals surface area (Å²) in [5.74, 6) is -0.978. The molecule has 1 amide bonds. The lowest BCUT2D eigenvalue weighted by Gasteiger charge is -2.39. The topological polar surface area (TPSA) is 87.7 Å². The van der Waals surface area contributed by atoms with E-state index in [2.05, 4.69) is 34.9 Å². The van der Waals surface area contributed by atoms with E-state index in [1.165, 1.54) is 11.1 Å². The van der Waals surface area contributed by atoms with Gasteiger partial charge in [-0.3, -0.25) is 10.1 Å². The molecule has 45 heavy (non-hydrogen) atoms. The fraction of sp³-hybridized carbons (Fsp3) is 0.179. The number of rotatable bonds is 12. The van der Waals surface area contributed by atoms with Crippen molar-refractivity contribution in [3.63, 3.8) is 0 Å². The van der Waals surface area contributed by atoms with Gasteiger partial charge >= 0.3 is 12.1 Å². The van der Waals surface area contributed by atoms with Gasteiger partial charge in [-0.1, -0.05) is 140 Å². The van der Waals surface area contributed by atoms with Gasteiger partial charge in [-0.15, -0.1) is 0 Å². The van der Waals surface area contributed by atoms with Crippen LogP contribution in [-0.2, 0) is 15.1 Å². The molecule has 0 saturated heterocycles. The Morgan fingerprint density at radius 1 is 0.667 bits per heavy atom. The molecule has 0 aliphatic heterocycles. The van der Waals surface area contributed by atoms with Gasteiger partial charge in [-0.2, -0.15) is 0 Å². The second-order valence-electron chi connectivity index (χ2n) is 11.3. The van der Waals surface area contributed by atoms with Crippen molar-refractivity contribution in [2.45, 2.75) is 30.3 Å². The Labute approximate surface area is 263 Å². The van der Waals surface area contributed by atoms with Crippen molar-refractivity contribution in [3.8, 4) is 11.1 Å². The van der Waals surface area contributed by atoms with Gasteiger partial charge in [0.05, 0.1) is 5.54 Å². The Bertz CT molecular complexity index is 1600. The molecule has 5 aromatic carbocycles. The largest absolute Gasteiger partial charge is 0.480 e. The highest BCUT2D eigenvalue weighted by molar-refractivity contribution is 5.79. The first-order valence-corrected chi connectivity index (χ1v) is 15.3. The average molecular weight is 597 g/mol. The SMILES string of the molecule is O=C(NCCCC(NC(c1ccccc1)(c1ccccc1)c1ccccc1)C(=O)O)OCC1c2ccccc2-c2ccccc21. The number of carboxylic acid groups (broad SMARTS) is 1. The minimum Gasteiger partial charge on any atom is -0.480 e. The number of carboxylic acids is 1. The normalized spacial score (nSPS) is 13.0. The minimum absolute atomic E-state index is 0.0224. The second-order valence-corrected chi connectivity index (χ2v) is 11.3. The van der Waals surface area contributed by atoms with E-state index in [1.807, 2.05) is 115 Å². The van der Waals surface area contributed by atoms with Crippen LogP contribution in [0.25, 0.3) is 11.1 Å². The molecule has 0 heterocycles. The number of fused-ring (bicyclic) bond motifs is 3. The maximum absolute atomic E-state index is 12.7. The third kappa shape index (κ3) is 6.24. The van der Waals surface area contributed by atoms with Gasteiger partial charge in [0.15, 0.2) is 0 Å². The zero-order valence-electron chi connectivity index (χ0n) is 24.9. The van der Waals surface area contributed by atoms with E-state index in [9.17, 15) is 14.7 Å². The lowest BCUT2D eigenvalue weighted by Crippen LogP contribution is -2.52. The fourth-order valence-electron chi connectivity index (χ4n) is 6.48. The third-order valence-electron chi connectivity index (χ3n) is 8.59. The van der Waals surface area contributed by atoms with Crippen LogP contribution in [-0.4, -0.2) is 36.4 Å². The van der Waals surface area contributed by atoms with E-state index in [0.29, 0.717) is 12.8 Å². The van der Waals surface area contributed by atoms with Crippen molar-refractivity contribution in [2.24, 2.45) is 0 Å². The van der Waals surface area contributed by atoms with Gasteiger partial charge < -0.3 is 15.2 Å². The number of benzene rings is 5. The molecule has 6 nitrogen and oxygen atoms in total. The van der Waals surface area contributed by atoms with E-state index >= 15 is 0 Å². The van der Waals surface area contributed by atoms with Crippen LogP contribution in [0.2, 0.25) is 0 Å². The maximum Gasteiger partial charge on any atom is 0.407 e. The molecule has 0 spiro atoms. The molecule has 226 valence electrons. The Hall–Kier alpha value is -5.20. The lowest BCUT2D eigenvalue weighted by molar-refractivity contribution is -0.140. The van der Waals surface area contributed by atoms with Crippen molar-refractivity contribution in [3.05, 3.63) is 167 Å². The van der Waals surface area contributed by atoms with Crippen LogP contribution < -0.4 is 10.6 Å². The second kappa shape index (κ2) is 13.6. The van der Waals surface area contributed by atoms with Crippen LogP contribution >= 0.6 is 0 Å².